The fraction of sp³-hybridized carbons (Fsp3) is 0.500. The number of hydrogen-bond donors (Lipinski definition) is 1. The number of rotatable bonds is 5. The number of nitrogens with zero attached hydrogens (tertiary/aromatic N) is 1. The largest absolute Gasteiger partial charge is 0.492 e. The van der Waals surface area contributed by atoms with Gasteiger partial charge >= 0.3 is 0 Å². The minimum absolute atomic E-state index is 0.646. The number of anilines is 1. The quantitative estimate of drug-likeness (QED) is 0.707. The second-order valence-electron chi connectivity index (χ2n) is 3.01. The molecule has 0 saturated carbocycles. The Bertz CT molecular complexity index is 250. The molecule has 0 spiro atoms. The lowest BCUT2D eigenvalue weighted by Crippen LogP contribution is -1.98. The molecule has 0 aromatic carbocycles. The first-order chi connectivity index (χ1) is 6.33. The van der Waals surface area contributed by atoms with Crippen molar-refractivity contribution in [3.63, 3.8) is 0 Å². The van der Waals surface area contributed by atoms with E-state index >= 15 is 0 Å². The Morgan fingerprint density at radius 2 is 2.23 bits per heavy atom. The first-order valence-electron chi connectivity index (χ1n) is 4.66. The second kappa shape index (κ2) is 5.41. The van der Waals surface area contributed by atoms with E-state index in [9.17, 15) is 0 Å². The van der Waals surface area contributed by atoms with E-state index < -0.39 is 0 Å². The van der Waals surface area contributed by atoms with Crippen molar-refractivity contribution in [2.75, 3.05) is 12.3 Å². The SMILES string of the molecule is CCCCCOc1cncc(N)c1. The number of ether oxygens (including phenoxy) is 1. The number of hydrogen-bond acceptors (Lipinski definition) is 3. The summed E-state index contributed by atoms with van der Waals surface area (Å²) in [7, 11) is 0. The van der Waals surface area contributed by atoms with Crippen LogP contribution < -0.4 is 10.5 Å². The van der Waals surface area contributed by atoms with Gasteiger partial charge in [0, 0.05) is 6.07 Å². The topological polar surface area (TPSA) is 48.1 Å². The van der Waals surface area contributed by atoms with Crippen molar-refractivity contribution < 1.29 is 4.74 Å². The van der Waals surface area contributed by atoms with Gasteiger partial charge in [0.1, 0.15) is 5.75 Å². The Labute approximate surface area is 78.9 Å². The summed E-state index contributed by atoms with van der Waals surface area (Å²) in [6, 6.07) is 1.79. The van der Waals surface area contributed by atoms with Crippen molar-refractivity contribution in [1.29, 1.82) is 0 Å². The zero-order valence-electron chi connectivity index (χ0n) is 7.99. The fourth-order valence-corrected chi connectivity index (χ4v) is 1.06. The van der Waals surface area contributed by atoms with Crippen LogP contribution in [0.1, 0.15) is 26.2 Å². The van der Waals surface area contributed by atoms with Crippen molar-refractivity contribution in [3.8, 4) is 5.75 Å². The molecule has 1 heterocycles. The van der Waals surface area contributed by atoms with Crippen LogP contribution in [0.3, 0.4) is 0 Å². The predicted molar refractivity (Wildman–Crippen MR) is 53.7 cm³/mol. The molecule has 13 heavy (non-hydrogen) atoms. The predicted octanol–water partition coefficient (Wildman–Crippen LogP) is 2.23. The zero-order valence-corrected chi connectivity index (χ0v) is 7.99. The van der Waals surface area contributed by atoms with E-state index in [-0.39, 0.29) is 0 Å². The van der Waals surface area contributed by atoms with E-state index in [1.165, 1.54) is 12.8 Å². The molecule has 1 aromatic heterocycles. The molecule has 0 atom stereocenters. The summed E-state index contributed by atoms with van der Waals surface area (Å²) in [5.41, 5.74) is 6.19. The lowest BCUT2D eigenvalue weighted by molar-refractivity contribution is 0.305. The highest BCUT2D eigenvalue weighted by atomic mass is 16.5. The van der Waals surface area contributed by atoms with E-state index in [4.69, 9.17) is 10.5 Å². The van der Waals surface area contributed by atoms with Crippen LogP contribution >= 0.6 is 0 Å². The van der Waals surface area contributed by atoms with Crippen LogP contribution in [0.15, 0.2) is 18.5 Å². The monoisotopic (exact) mass is 180 g/mol. The van der Waals surface area contributed by atoms with Gasteiger partial charge in [0.2, 0.25) is 0 Å². The van der Waals surface area contributed by atoms with Gasteiger partial charge in [0.25, 0.3) is 0 Å². The van der Waals surface area contributed by atoms with Crippen LogP contribution in [-0.2, 0) is 0 Å². The molecule has 1 rings (SSSR count). The Balaban J connectivity index is 2.28. The summed E-state index contributed by atoms with van der Waals surface area (Å²) in [6.07, 6.45) is 6.79. The van der Waals surface area contributed by atoms with Gasteiger partial charge in [-0.3, -0.25) is 4.98 Å². The maximum atomic E-state index is 5.55. The van der Waals surface area contributed by atoms with Crippen LogP contribution in [0.25, 0.3) is 0 Å². The maximum absolute atomic E-state index is 5.55. The third kappa shape index (κ3) is 3.78. The highest BCUT2D eigenvalue weighted by molar-refractivity contribution is 5.39. The van der Waals surface area contributed by atoms with E-state index in [0.717, 1.165) is 18.8 Å². The molecule has 0 unspecified atom stereocenters. The molecular formula is C10H16N2O. The van der Waals surface area contributed by atoms with Crippen molar-refractivity contribution in [2.24, 2.45) is 0 Å². The molecule has 1 aromatic rings. The smallest absolute Gasteiger partial charge is 0.139 e. The molecule has 72 valence electrons. The third-order valence-corrected chi connectivity index (χ3v) is 1.75. The summed E-state index contributed by atoms with van der Waals surface area (Å²) < 4.78 is 5.45. The standard InChI is InChI=1S/C10H16N2O/c1-2-3-4-5-13-10-6-9(11)7-12-8-10/h6-8H,2-5,11H2,1H3. The third-order valence-electron chi connectivity index (χ3n) is 1.75. The first-order valence-corrected chi connectivity index (χ1v) is 4.66. The van der Waals surface area contributed by atoms with E-state index in [0.29, 0.717) is 5.69 Å². The summed E-state index contributed by atoms with van der Waals surface area (Å²) >= 11 is 0. The van der Waals surface area contributed by atoms with Crippen molar-refractivity contribution >= 4 is 5.69 Å². The summed E-state index contributed by atoms with van der Waals surface area (Å²) in [4.78, 5) is 3.93. The highest BCUT2D eigenvalue weighted by Gasteiger charge is 1.94. The van der Waals surface area contributed by atoms with Crippen molar-refractivity contribution in [2.45, 2.75) is 26.2 Å². The average Bonchev–Trinajstić information content (AvgIpc) is 2.13. The van der Waals surface area contributed by atoms with E-state index in [2.05, 4.69) is 11.9 Å². The van der Waals surface area contributed by atoms with Crippen LogP contribution in [0.4, 0.5) is 5.69 Å². The molecule has 0 radical (unpaired) electrons. The molecular weight excluding hydrogens is 164 g/mol. The number of nitrogen functional groups attached to an aromatic ring is 1. The van der Waals surface area contributed by atoms with Crippen molar-refractivity contribution in [3.05, 3.63) is 18.5 Å². The molecule has 0 aliphatic heterocycles. The van der Waals surface area contributed by atoms with Crippen LogP contribution in [0, 0.1) is 0 Å². The van der Waals surface area contributed by atoms with Gasteiger partial charge in [0.15, 0.2) is 0 Å². The molecule has 0 saturated heterocycles. The Kier molecular flexibility index (Phi) is 4.09. The number of pyridine rings is 1. The van der Waals surface area contributed by atoms with Crippen LogP contribution in [0.2, 0.25) is 0 Å². The Morgan fingerprint density at radius 3 is 2.92 bits per heavy atom. The average molecular weight is 180 g/mol. The molecule has 2 N–H and O–H groups in total. The minimum Gasteiger partial charge on any atom is -0.492 e. The molecule has 0 amide bonds. The lowest BCUT2D eigenvalue weighted by Gasteiger charge is -2.04. The minimum atomic E-state index is 0.646. The van der Waals surface area contributed by atoms with Gasteiger partial charge in [-0.2, -0.15) is 0 Å². The molecule has 0 aliphatic rings. The van der Waals surface area contributed by atoms with Gasteiger partial charge in [-0.1, -0.05) is 19.8 Å². The molecule has 3 nitrogen and oxygen atoms in total. The normalized spacial score (nSPS) is 9.92. The van der Waals surface area contributed by atoms with Gasteiger partial charge in [-0.05, 0) is 6.42 Å². The number of unbranched alkanes of at least 4 members (excludes halogenated alkanes) is 2. The van der Waals surface area contributed by atoms with Crippen LogP contribution in [-0.4, -0.2) is 11.6 Å². The maximum Gasteiger partial charge on any atom is 0.139 e. The summed E-state index contributed by atoms with van der Waals surface area (Å²) in [5.74, 6) is 0.760. The van der Waals surface area contributed by atoms with Gasteiger partial charge in [-0.15, -0.1) is 0 Å². The zero-order chi connectivity index (χ0) is 9.52. The fourth-order valence-electron chi connectivity index (χ4n) is 1.06. The van der Waals surface area contributed by atoms with Gasteiger partial charge in [-0.25, -0.2) is 0 Å². The second-order valence-corrected chi connectivity index (χ2v) is 3.01. The van der Waals surface area contributed by atoms with Gasteiger partial charge in [0.05, 0.1) is 24.7 Å². The Morgan fingerprint density at radius 1 is 1.38 bits per heavy atom. The molecule has 0 aliphatic carbocycles. The van der Waals surface area contributed by atoms with E-state index in [1.807, 2.05) is 0 Å². The molecule has 3 heteroatoms. The van der Waals surface area contributed by atoms with E-state index in [1.54, 1.807) is 18.5 Å². The number of aromatic nitrogens is 1. The molecule has 0 fully saturated rings. The molecule has 0 bridgehead atoms. The lowest BCUT2D eigenvalue weighted by atomic mass is 10.3. The highest BCUT2D eigenvalue weighted by Crippen LogP contribution is 2.12. The first kappa shape index (κ1) is 9.84. The Hall–Kier alpha value is -1.25. The summed E-state index contributed by atoms with van der Waals surface area (Å²) in [5, 5.41) is 0. The van der Waals surface area contributed by atoms with Gasteiger partial charge < -0.3 is 10.5 Å². The number of nitrogens with two attached hydrogens (primary N) is 1. The van der Waals surface area contributed by atoms with Crippen molar-refractivity contribution in [1.82, 2.24) is 4.98 Å². The summed E-state index contributed by atoms with van der Waals surface area (Å²) in [6.45, 7) is 2.92. The van der Waals surface area contributed by atoms with Crippen LogP contribution in [0.5, 0.6) is 5.75 Å².